The smallest absolute Gasteiger partial charge is 0.131 e. The van der Waals surface area contributed by atoms with Gasteiger partial charge in [0.05, 0.1) is 6.54 Å². The molecule has 0 aromatic carbocycles. The van der Waals surface area contributed by atoms with Gasteiger partial charge in [-0.15, -0.1) is 0 Å². The molecule has 8 heavy (non-hydrogen) atoms. The lowest BCUT2D eigenvalue weighted by Gasteiger charge is -1.88. The van der Waals surface area contributed by atoms with Gasteiger partial charge in [0.15, 0.2) is 0 Å². The Labute approximate surface area is 47.3 Å². The third-order valence-corrected chi connectivity index (χ3v) is 1.28. The van der Waals surface area contributed by atoms with Crippen LogP contribution in [0.15, 0.2) is 12.4 Å². The Morgan fingerprint density at radius 2 is 2.62 bits per heavy atom. The topological polar surface area (TPSA) is 31.9 Å². The van der Waals surface area contributed by atoms with Gasteiger partial charge in [-0.05, 0) is 0 Å². The van der Waals surface area contributed by atoms with Crippen molar-refractivity contribution in [3.05, 3.63) is 18.2 Å². The SMILES string of the molecule is c1cn2c(n1)CC[N]2. The number of imidazole rings is 1. The van der Waals surface area contributed by atoms with Crippen molar-refractivity contribution in [1.82, 2.24) is 15.1 Å². The Morgan fingerprint density at radius 3 is 3.50 bits per heavy atom. The lowest BCUT2D eigenvalue weighted by molar-refractivity contribution is 0.652. The van der Waals surface area contributed by atoms with Gasteiger partial charge in [-0.25, -0.2) is 15.1 Å². The van der Waals surface area contributed by atoms with E-state index in [0.29, 0.717) is 0 Å². The average Bonchev–Trinajstić information content (AvgIpc) is 2.15. The van der Waals surface area contributed by atoms with Gasteiger partial charge < -0.3 is 0 Å². The number of fused-ring (bicyclic) bond motifs is 1. The fourth-order valence-electron chi connectivity index (χ4n) is 0.893. The number of hydrogen-bond donors (Lipinski definition) is 0. The van der Waals surface area contributed by atoms with Gasteiger partial charge >= 0.3 is 0 Å². The van der Waals surface area contributed by atoms with Crippen LogP contribution in [0.3, 0.4) is 0 Å². The third kappa shape index (κ3) is 0.358. The highest BCUT2D eigenvalue weighted by atomic mass is 15.4. The molecule has 0 spiro atoms. The standard InChI is InChI=1S/C5H6N3/c1-2-7-8-4-3-6-5(1)8/h3-4H,1-2H2. The quantitative estimate of drug-likeness (QED) is 0.453. The molecule has 3 nitrogen and oxygen atoms in total. The average molecular weight is 108 g/mol. The summed E-state index contributed by atoms with van der Waals surface area (Å²) >= 11 is 0. The summed E-state index contributed by atoms with van der Waals surface area (Å²) in [6.07, 6.45) is 4.66. The Kier molecular flexibility index (Phi) is 0.614. The minimum absolute atomic E-state index is 0.906. The summed E-state index contributed by atoms with van der Waals surface area (Å²) in [7, 11) is 0. The second kappa shape index (κ2) is 1.24. The molecule has 0 saturated carbocycles. The Bertz CT molecular complexity index is 173. The van der Waals surface area contributed by atoms with Gasteiger partial charge in [-0.2, -0.15) is 0 Å². The van der Waals surface area contributed by atoms with E-state index in [1.54, 1.807) is 6.20 Å². The number of rotatable bonds is 0. The summed E-state index contributed by atoms with van der Waals surface area (Å²) in [4.78, 5) is 4.07. The first kappa shape index (κ1) is 3.95. The zero-order chi connectivity index (χ0) is 5.40. The molecular formula is C5H6N3. The zero-order valence-corrected chi connectivity index (χ0v) is 4.41. The minimum Gasteiger partial charge on any atom is -0.240 e. The molecule has 1 aromatic heterocycles. The number of hydrogen-bond acceptors (Lipinski definition) is 1. The van der Waals surface area contributed by atoms with E-state index in [4.69, 9.17) is 0 Å². The maximum Gasteiger partial charge on any atom is 0.131 e. The molecule has 0 fully saturated rings. The molecule has 0 saturated heterocycles. The molecule has 1 aliphatic heterocycles. The van der Waals surface area contributed by atoms with Crippen molar-refractivity contribution in [1.29, 1.82) is 0 Å². The molecular weight excluding hydrogens is 102 g/mol. The van der Waals surface area contributed by atoms with Gasteiger partial charge in [0.25, 0.3) is 0 Å². The van der Waals surface area contributed by atoms with E-state index < -0.39 is 0 Å². The van der Waals surface area contributed by atoms with E-state index in [9.17, 15) is 0 Å². The van der Waals surface area contributed by atoms with Crippen molar-refractivity contribution in [2.75, 3.05) is 6.54 Å². The number of nitrogens with zero attached hydrogens (tertiary/aromatic N) is 3. The highest BCUT2D eigenvalue weighted by Crippen LogP contribution is 2.00. The van der Waals surface area contributed by atoms with E-state index in [1.807, 2.05) is 10.9 Å². The highest BCUT2D eigenvalue weighted by Gasteiger charge is 2.08. The second-order valence-corrected chi connectivity index (χ2v) is 1.80. The van der Waals surface area contributed by atoms with Crippen LogP contribution in [0.25, 0.3) is 0 Å². The van der Waals surface area contributed by atoms with Crippen LogP contribution >= 0.6 is 0 Å². The minimum atomic E-state index is 0.906. The largest absolute Gasteiger partial charge is 0.240 e. The fraction of sp³-hybridized carbons (Fsp3) is 0.400. The molecule has 2 heterocycles. The van der Waals surface area contributed by atoms with Crippen LogP contribution in [0.5, 0.6) is 0 Å². The molecule has 0 N–H and O–H groups in total. The predicted molar refractivity (Wildman–Crippen MR) is 28.3 cm³/mol. The molecule has 2 rings (SSSR count). The van der Waals surface area contributed by atoms with Gasteiger partial charge in [0, 0.05) is 18.8 Å². The van der Waals surface area contributed by atoms with E-state index in [-0.39, 0.29) is 0 Å². The van der Waals surface area contributed by atoms with Crippen molar-refractivity contribution in [3.8, 4) is 0 Å². The first-order valence-corrected chi connectivity index (χ1v) is 2.67. The highest BCUT2D eigenvalue weighted by molar-refractivity contribution is 4.95. The second-order valence-electron chi connectivity index (χ2n) is 1.80. The Hall–Kier alpha value is -0.990. The third-order valence-electron chi connectivity index (χ3n) is 1.28. The summed E-state index contributed by atoms with van der Waals surface area (Å²) in [6.45, 7) is 0.906. The van der Waals surface area contributed by atoms with Crippen molar-refractivity contribution in [3.63, 3.8) is 0 Å². The lowest BCUT2D eigenvalue weighted by atomic mass is 10.4. The summed E-state index contributed by atoms with van der Waals surface area (Å²) in [6, 6.07) is 0. The molecule has 3 heteroatoms. The zero-order valence-electron chi connectivity index (χ0n) is 4.41. The maximum atomic E-state index is 4.11. The molecule has 0 aliphatic carbocycles. The first-order valence-electron chi connectivity index (χ1n) is 2.67. The van der Waals surface area contributed by atoms with Crippen LogP contribution in [0, 0.1) is 0 Å². The van der Waals surface area contributed by atoms with Crippen molar-refractivity contribution < 1.29 is 0 Å². The van der Waals surface area contributed by atoms with E-state index in [1.165, 1.54) is 0 Å². The van der Waals surface area contributed by atoms with Crippen molar-refractivity contribution >= 4 is 0 Å². The van der Waals surface area contributed by atoms with E-state index in [2.05, 4.69) is 10.4 Å². The van der Waals surface area contributed by atoms with Crippen molar-refractivity contribution in [2.45, 2.75) is 6.42 Å². The van der Waals surface area contributed by atoms with E-state index in [0.717, 1.165) is 18.8 Å². The maximum absolute atomic E-state index is 4.11. The monoisotopic (exact) mass is 108 g/mol. The first-order chi connectivity index (χ1) is 3.97. The summed E-state index contributed by atoms with van der Waals surface area (Å²) in [5.41, 5.74) is 4.11. The summed E-state index contributed by atoms with van der Waals surface area (Å²) < 4.78 is 1.83. The predicted octanol–water partition coefficient (Wildman–Crippen LogP) is -0.193. The Morgan fingerprint density at radius 1 is 1.62 bits per heavy atom. The summed E-state index contributed by atoms with van der Waals surface area (Å²) in [5, 5.41) is 0. The van der Waals surface area contributed by atoms with Crippen LogP contribution in [-0.4, -0.2) is 16.2 Å². The molecule has 0 atom stereocenters. The van der Waals surface area contributed by atoms with Crippen LogP contribution in [0.2, 0.25) is 0 Å². The lowest BCUT2D eigenvalue weighted by Crippen LogP contribution is -2.03. The van der Waals surface area contributed by atoms with Gasteiger partial charge in [0.1, 0.15) is 5.82 Å². The van der Waals surface area contributed by atoms with Crippen LogP contribution < -0.4 is 5.43 Å². The molecule has 0 amide bonds. The fourth-order valence-corrected chi connectivity index (χ4v) is 0.893. The van der Waals surface area contributed by atoms with Crippen LogP contribution in [0.1, 0.15) is 5.82 Å². The summed E-state index contributed by atoms with van der Waals surface area (Å²) in [5.74, 6) is 1.09. The molecule has 0 bridgehead atoms. The van der Waals surface area contributed by atoms with Crippen molar-refractivity contribution in [2.24, 2.45) is 0 Å². The van der Waals surface area contributed by atoms with Gasteiger partial charge in [0.2, 0.25) is 0 Å². The molecule has 1 radical (unpaired) electrons. The number of aromatic nitrogens is 2. The Balaban J connectivity index is 2.54. The molecule has 41 valence electrons. The normalized spacial score (nSPS) is 15.5. The molecule has 1 aliphatic rings. The van der Waals surface area contributed by atoms with E-state index >= 15 is 0 Å². The van der Waals surface area contributed by atoms with Crippen LogP contribution in [-0.2, 0) is 6.42 Å². The molecule has 1 aromatic rings. The van der Waals surface area contributed by atoms with Crippen LogP contribution in [0.4, 0.5) is 0 Å². The van der Waals surface area contributed by atoms with Gasteiger partial charge in [-0.1, -0.05) is 0 Å². The van der Waals surface area contributed by atoms with Gasteiger partial charge in [-0.3, -0.25) is 0 Å². The molecule has 0 unspecified atom stereocenters.